The molecule has 0 unspecified atom stereocenters. The summed E-state index contributed by atoms with van der Waals surface area (Å²) in [6.45, 7) is 0. The van der Waals surface area contributed by atoms with Crippen molar-refractivity contribution >= 4 is 47.8 Å². The van der Waals surface area contributed by atoms with E-state index in [1.165, 1.54) is 7.14 Å². The quantitative estimate of drug-likeness (QED) is 0.688. The van der Waals surface area contributed by atoms with Crippen molar-refractivity contribution in [1.29, 1.82) is 0 Å². The fraction of sp³-hybridized carbons (Fsp3) is 0. The van der Waals surface area contributed by atoms with E-state index >= 15 is 0 Å². The fourth-order valence-corrected chi connectivity index (χ4v) is 2.91. The molecule has 0 radical (unpaired) electrons. The van der Waals surface area contributed by atoms with Gasteiger partial charge >= 0.3 is 0 Å². The van der Waals surface area contributed by atoms with Crippen molar-refractivity contribution in [2.45, 2.75) is 0 Å². The van der Waals surface area contributed by atoms with Crippen LogP contribution in [-0.4, -0.2) is 4.51 Å². The predicted molar refractivity (Wildman–Crippen MR) is 59.0 cm³/mol. The molecule has 0 saturated carbocycles. The number of benzene rings is 1. The Balaban J connectivity index is 3.15. The Labute approximate surface area is 78.6 Å². The highest BCUT2D eigenvalue weighted by Crippen LogP contribution is 2.16. The molecular formula is C7H6I2. The average Bonchev–Trinajstić information content (AvgIpc) is 1.89. The van der Waals surface area contributed by atoms with Crippen LogP contribution in [0.25, 0.3) is 0 Å². The van der Waals surface area contributed by atoms with Crippen molar-refractivity contribution in [3.8, 4) is 0 Å². The second kappa shape index (κ2) is 3.65. The van der Waals surface area contributed by atoms with Crippen LogP contribution < -0.4 is 0 Å². The molecule has 0 aliphatic heterocycles. The normalized spacial score (nSPS) is 9.44. The summed E-state index contributed by atoms with van der Waals surface area (Å²) in [5.41, 5.74) is 0. The third kappa shape index (κ3) is 2.00. The van der Waals surface area contributed by atoms with E-state index in [2.05, 4.69) is 51.4 Å². The molecule has 0 aliphatic carbocycles. The molecule has 0 aromatic heterocycles. The van der Waals surface area contributed by atoms with E-state index in [0.717, 1.165) is 0 Å². The van der Waals surface area contributed by atoms with Gasteiger partial charge < -0.3 is 0 Å². The van der Waals surface area contributed by atoms with E-state index in [4.69, 9.17) is 0 Å². The second-order valence-electron chi connectivity index (χ2n) is 1.55. The molecule has 48 valence electrons. The van der Waals surface area contributed by atoms with E-state index in [-0.39, 0.29) is 20.7 Å². The van der Waals surface area contributed by atoms with Gasteiger partial charge in [0.15, 0.2) is 0 Å². The molecule has 0 nitrogen and oxygen atoms in total. The number of hydrogen-bond acceptors (Lipinski definition) is 0. The summed E-state index contributed by atoms with van der Waals surface area (Å²) in [4.78, 5) is 0. The topological polar surface area (TPSA) is 0 Å². The van der Waals surface area contributed by atoms with Crippen molar-refractivity contribution in [3.63, 3.8) is 0 Å². The van der Waals surface area contributed by atoms with Gasteiger partial charge in [-0.15, -0.1) is 0 Å². The number of rotatable bonds is 1. The lowest BCUT2D eigenvalue weighted by Crippen LogP contribution is -1.74. The molecular weight excluding hydrogens is 338 g/mol. The summed E-state index contributed by atoms with van der Waals surface area (Å²) in [6.07, 6.45) is 0. The fourth-order valence-electron chi connectivity index (χ4n) is 0.548. The van der Waals surface area contributed by atoms with Crippen LogP contribution in [-0.2, 0) is 0 Å². The molecule has 0 atom stereocenters. The highest BCUT2D eigenvalue weighted by atomic mass is 127. The van der Waals surface area contributed by atoms with Crippen LogP contribution in [0.15, 0.2) is 24.3 Å². The summed E-state index contributed by atoms with van der Waals surface area (Å²) in [5.74, 6) is 0. The van der Waals surface area contributed by atoms with Gasteiger partial charge in [0, 0.05) is 7.14 Å². The van der Waals surface area contributed by atoms with Gasteiger partial charge in [-0.05, 0) is 34.7 Å². The Bertz CT molecular complexity index is 218. The van der Waals surface area contributed by atoms with Gasteiger partial charge in [0.25, 0.3) is 0 Å². The summed E-state index contributed by atoms with van der Waals surface area (Å²) in [7, 11) is 0. The van der Waals surface area contributed by atoms with Gasteiger partial charge in [-0.2, -0.15) is 0 Å². The number of hydrogen-bond donors (Lipinski definition) is 0. The summed E-state index contributed by atoms with van der Waals surface area (Å²) in [5, 5.41) is 0. The number of halogens is 2. The minimum Gasteiger partial charge on any atom is -0.0925 e. The molecule has 0 spiro atoms. The molecule has 0 heterocycles. The Kier molecular flexibility index (Phi) is 3.11. The molecule has 1 rings (SSSR count). The Morgan fingerprint density at radius 3 is 2.44 bits per heavy atom. The van der Waals surface area contributed by atoms with Gasteiger partial charge in [0.1, 0.15) is 0 Å². The third-order valence-electron chi connectivity index (χ3n) is 0.968. The van der Waals surface area contributed by atoms with Gasteiger partial charge in [-0.3, -0.25) is 0 Å². The summed E-state index contributed by atoms with van der Waals surface area (Å²) >= 11 is 2.38. The van der Waals surface area contributed by atoms with Crippen molar-refractivity contribution in [2.75, 3.05) is 0 Å². The Morgan fingerprint density at radius 2 is 2.00 bits per heavy atom. The molecule has 2 heteroatoms. The van der Waals surface area contributed by atoms with E-state index in [9.17, 15) is 0 Å². The van der Waals surface area contributed by atoms with Gasteiger partial charge in [-0.25, -0.2) is 0 Å². The predicted octanol–water partition coefficient (Wildman–Crippen LogP) is 2.86. The minimum absolute atomic E-state index is 0.0301. The third-order valence-corrected chi connectivity index (χ3v) is 4.70. The first-order chi connectivity index (χ1) is 4.34. The first-order valence-corrected chi connectivity index (χ1v) is 6.16. The SMILES string of the molecule is C=Ic1ccccc1I. The van der Waals surface area contributed by atoms with Crippen LogP contribution in [0.2, 0.25) is 0 Å². The van der Waals surface area contributed by atoms with Gasteiger partial charge in [-0.1, -0.05) is 37.4 Å². The molecule has 1 aromatic carbocycles. The molecule has 0 aliphatic rings. The maximum atomic E-state index is 3.92. The van der Waals surface area contributed by atoms with E-state index in [1.54, 1.807) is 0 Å². The van der Waals surface area contributed by atoms with Crippen LogP contribution in [0, 0.1) is 7.14 Å². The highest BCUT2D eigenvalue weighted by Gasteiger charge is 1.89. The van der Waals surface area contributed by atoms with E-state index in [1.807, 2.05) is 0 Å². The van der Waals surface area contributed by atoms with Crippen LogP contribution >= 0.6 is 43.3 Å². The lowest BCUT2D eigenvalue weighted by molar-refractivity contribution is 1.58. The largest absolute Gasteiger partial charge is 0.0925 e. The smallest absolute Gasteiger partial charge is 0.0259 e. The zero-order valence-electron chi connectivity index (χ0n) is 4.77. The van der Waals surface area contributed by atoms with Crippen LogP contribution in [0.4, 0.5) is 0 Å². The van der Waals surface area contributed by atoms with Gasteiger partial charge in [0.2, 0.25) is 0 Å². The van der Waals surface area contributed by atoms with E-state index in [0.29, 0.717) is 0 Å². The zero-order chi connectivity index (χ0) is 6.69. The van der Waals surface area contributed by atoms with Crippen molar-refractivity contribution in [2.24, 2.45) is 0 Å². The average molecular weight is 344 g/mol. The van der Waals surface area contributed by atoms with Crippen molar-refractivity contribution < 1.29 is 0 Å². The molecule has 0 amide bonds. The molecule has 1 aromatic rings. The summed E-state index contributed by atoms with van der Waals surface area (Å²) < 4.78 is 6.72. The Morgan fingerprint density at radius 1 is 1.33 bits per heavy atom. The van der Waals surface area contributed by atoms with Crippen LogP contribution in [0.1, 0.15) is 0 Å². The molecule has 0 bridgehead atoms. The molecule has 9 heavy (non-hydrogen) atoms. The Hall–Kier alpha value is 0.550. The second-order valence-corrected chi connectivity index (χ2v) is 4.63. The van der Waals surface area contributed by atoms with Crippen LogP contribution in [0.3, 0.4) is 0 Å². The van der Waals surface area contributed by atoms with E-state index < -0.39 is 0 Å². The minimum atomic E-state index is 0.0301. The lowest BCUT2D eigenvalue weighted by Gasteiger charge is -1.92. The molecule has 0 saturated heterocycles. The lowest BCUT2D eigenvalue weighted by atomic mass is 10.4. The van der Waals surface area contributed by atoms with Gasteiger partial charge in [0.05, 0.1) is 0 Å². The maximum Gasteiger partial charge on any atom is 0.0259 e. The monoisotopic (exact) mass is 344 g/mol. The van der Waals surface area contributed by atoms with Crippen molar-refractivity contribution in [3.05, 3.63) is 31.4 Å². The van der Waals surface area contributed by atoms with Crippen LogP contribution in [0.5, 0.6) is 0 Å². The standard InChI is InChI=1S/C7H6I2/c1-9-7-5-3-2-4-6(7)8/h2-5H,1H2. The maximum absolute atomic E-state index is 3.92. The first-order valence-electron chi connectivity index (χ1n) is 2.47. The summed E-state index contributed by atoms with van der Waals surface area (Å²) in [6, 6.07) is 8.41. The first kappa shape index (κ1) is 7.65. The molecule has 0 fully saturated rings. The molecule has 0 N–H and O–H groups in total. The zero-order valence-corrected chi connectivity index (χ0v) is 9.09. The van der Waals surface area contributed by atoms with Crippen molar-refractivity contribution in [1.82, 2.24) is 0 Å². The highest BCUT2D eigenvalue weighted by molar-refractivity contribution is 14.2.